The molecule has 1 amide bonds. The first kappa shape index (κ1) is 16.3. The van der Waals surface area contributed by atoms with Gasteiger partial charge in [0, 0.05) is 19.0 Å². The zero-order chi connectivity index (χ0) is 16.1. The van der Waals surface area contributed by atoms with Crippen LogP contribution in [0.5, 0.6) is 5.75 Å². The predicted octanol–water partition coefficient (Wildman–Crippen LogP) is 2.20. The van der Waals surface area contributed by atoms with E-state index >= 15 is 0 Å². The monoisotopic (exact) mass is 305 g/mol. The molecule has 1 aromatic rings. The minimum absolute atomic E-state index is 0.0433. The molecule has 2 atom stereocenters. The Kier molecular flexibility index (Phi) is 5.41. The number of hydrogen-bond donors (Lipinski definition) is 1. The van der Waals surface area contributed by atoms with Crippen LogP contribution in [0.1, 0.15) is 25.3 Å². The van der Waals surface area contributed by atoms with Gasteiger partial charge in [-0.1, -0.05) is 19.1 Å². The highest BCUT2D eigenvalue weighted by molar-refractivity contribution is 5.80. The normalized spacial score (nSPS) is 19.5. The van der Waals surface area contributed by atoms with E-state index in [1.165, 1.54) is 0 Å². The SMILES string of the molecule is COc1ccc(CC(C)C(=O)N2CCC[C@H](C(=O)O)C2)cc1. The first-order chi connectivity index (χ1) is 10.5. The molecule has 5 heteroatoms. The second kappa shape index (κ2) is 7.29. The fourth-order valence-corrected chi connectivity index (χ4v) is 2.89. The number of ether oxygens (including phenoxy) is 1. The van der Waals surface area contributed by atoms with Crippen LogP contribution in [0.25, 0.3) is 0 Å². The maximum absolute atomic E-state index is 12.5. The Morgan fingerprint density at radius 3 is 2.64 bits per heavy atom. The molecule has 5 nitrogen and oxygen atoms in total. The van der Waals surface area contributed by atoms with E-state index in [4.69, 9.17) is 9.84 Å². The lowest BCUT2D eigenvalue weighted by molar-refractivity contribution is -0.146. The molecule has 120 valence electrons. The maximum atomic E-state index is 12.5. The smallest absolute Gasteiger partial charge is 0.308 e. The summed E-state index contributed by atoms with van der Waals surface area (Å²) in [5.74, 6) is -0.544. The van der Waals surface area contributed by atoms with Gasteiger partial charge in [0.1, 0.15) is 5.75 Å². The van der Waals surface area contributed by atoms with Gasteiger partial charge in [-0.15, -0.1) is 0 Å². The molecule has 0 spiro atoms. The van der Waals surface area contributed by atoms with Gasteiger partial charge in [-0.2, -0.15) is 0 Å². The first-order valence-electron chi connectivity index (χ1n) is 7.65. The van der Waals surface area contributed by atoms with Gasteiger partial charge in [-0.3, -0.25) is 9.59 Å². The number of benzene rings is 1. The average molecular weight is 305 g/mol. The minimum atomic E-state index is -0.805. The Labute approximate surface area is 130 Å². The Bertz CT molecular complexity index is 526. The quantitative estimate of drug-likeness (QED) is 0.905. The van der Waals surface area contributed by atoms with E-state index in [0.29, 0.717) is 25.9 Å². The lowest BCUT2D eigenvalue weighted by Gasteiger charge is -2.32. The minimum Gasteiger partial charge on any atom is -0.497 e. The highest BCUT2D eigenvalue weighted by Gasteiger charge is 2.30. The lowest BCUT2D eigenvalue weighted by atomic mass is 9.95. The Morgan fingerprint density at radius 1 is 1.36 bits per heavy atom. The van der Waals surface area contributed by atoms with Crippen LogP contribution in [0.15, 0.2) is 24.3 Å². The second-order valence-electron chi connectivity index (χ2n) is 5.91. The molecule has 0 aliphatic carbocycles. The van der Waals surface area contributed by atoms with E-state index in [9.17, 15) is 9.59 Å². The molecule has 1 fully saturated rings. The fraction of sp³-hybridized carbons (Fsp3) is 0.529. The van der Waals surface area contributed by atoms with Crippen molar-refractivity contribution in [3.8, 4) is 5.75 Å². The van der Waals surface area contributed by atoms with Gasteiger partial charge in [-0.05, 0) is 37.0 Å². The maximum Gasteiger partial charge on any atom is 0.308 e. The van der Waals surface area contributed by atoms with Gasteiger partial charge in [0.2, 0.25) is 5.91 Å². The van der Waals surface area contributed by atoms with Crippen LogP contribution < -0.4 is 4.74 Å². The highest BCUT2D eigenvalue weighted by Crippen LogP contribution is 2.21. The third kappa shape index (κ3) is 4.00. The molecule has 0 saturated carbocycles. The van der Waals surface area contributed by atoms with Crippen LogP contribution in [0, 0.1) is 11.8 Å². The molecule has 1 aliphatic heterocycles. The summed E-state index contributed by atoms with van der Waals surface area (Å²) in [6.07, 6.45) is 2.07. The third-order valence-electron chi connectivity index (χ3n) is 4.20. The Hall–Kier alpha value is -2.04. The summed E-state index contributed by atoms with van der Waals surface area (Å²) >= 11 is 0. The van der Waals surface area contributed by atoms with Crippen molar-refractivity contribution in [3.63, 3.8) is 0 Å². The van der Waals surface area contributed by atoms with Crippen LogP contribution in [0.4, 0.5) is 0 Å². The zero-order valence-electron chi connectivity index (χ0n) is 13.1. The molecule has 1 saturated heterocycles. The van der Waals surface area contributed by atoms with Gasteiger partial charge in [-0.25, -0.2) is 0 Å². The number of aliphatic carboxylic acids is 1. The van der Waals surface area contributed by atoms with E-state index in [-0.39, 0.29) is 11.8 Å². The van der Waals surface area contributed by atoms with Crippen LogP contribution >= 0.6 is 0 Å². The second-order valence-corrected chi connectivity index (χ2v) is 5.91. The summed E-state index contributed by atoms with van der Waals surface area (Å²) in [6, 6.07) is 7.68. The largest absolute Gasteiger partial charge is 0.497 e. The molecule has 1 N–H and O–H groups in total. The summed E-state index contributed by atoms with van der Waals surface area (Å²) in [4.78, 5) is 25.3. The molecule has 0 bridgehead atoms. The molecular formula is C17H23NO4. The highest BCUT2D eigenvalue weighted by atomic mass is 16.5. The van der Waals surface area contributed by atoms with Crippen LogP contribution in [-0.4, -0.2) is 42.1 Å². The van der Waals surface area contributed by atoms with Crippen LogP contribution in [-0.2, 0) is 16.0 Å². The van der Waals surface area contributed by atoms with Gasteiger partial charge in [0.15, 0.2) is 0 Å². The number of carboxylic acid groups (broad SMARTS) is 1. The number of carbonyl (C=O) groups excluding carboxylic acids is 1. The summed E-state index contributed by atoms with van der Waals surface area (Å²) in [5.41, 5.74) is 1.08. The number of hydrogen-bond acceptors (Lipinski definition) is 3. The van der Waals surface area contributed by atoms with Gasteiger partial charge >= 0.3 is 5.97 Å². The van der Waals surface area contributed by atoms with Gasteiger partial charge in [0.25, 0.3) is 0 Å². The van der Waals surface area contributed by atoms with Gasteiger partial charge in [0.05, 0.1) is 13.0 Å². The molecule has 1 heterocycles. The molecule has 1 aromatic carbocycles. The van der Waals surface area contributed by atoms with Crippen molar-refractivity contribution in [1.29, 1.82) is 0 Å². The number of rotatable bonds is 5. The number of likely N-dealkylation sites (tertiary alicyclic amines) is 1. The van der Waals surface area contributed by atoms with Crippen LogP contribution in [0.3, 0.4) is 0 Å². The van der Waals surface area contributed by atoms with E-state index < -0.39 is 11.9 Å². The van der Waals surface area contributed by atoms with Gasteiger partial charge < -0.3 is 14.7 Å². The summed E-state index contributed by atoms with van der Waals surface area (Å²) < 4.78 is 5.12. The van der Waals surface area contributed by atoms with Crippen molar-refractivity contribution in [1.82, 2.24) is 4.90 Å². The number of nitrogens with zero attached hydrogens (tertiary/aromatic N) is 1. The van der Waals surface area contributed by atoms with E-state index in [2.05, 4.69) is 0 Å². The lowest BCUT2D eigenvalue weighted by Crippen LogP contribution is -2.44. The van der Waals surface area contributed by atoms with E-state index in [0.717, 1.165) is 17.7 Å². The predicted molar refractivity (Wildman–Crippen MR) is 82.8 cm³/mol. The molecule has 0 radical (unpaired) electrons. The topological polar surface area (TPSA) is 66.8 Å². The molecule has 2 rings (SSSR count). The van der Waals surface area contributed by atoms with E-state index in [1.807, 2.05) is 31.2 Å². The van der Waals surface area contributed by atoms with Crippen molar-refractivity contribution in [2.24, 2.45) is 11.8 Å². The number of carbonyl (C=O) groups is 2. The Morgan fingerprint density at radius 2 is 2.05 bits per heavy atom. The van der Waals surface area contributed by atoms with Crippen molar-refractivity contribution in [3.05, 3.63) is 29.8 Å². The number of piperidine rings is 1. The third-order valence-corrected chi connectivity index (χ3v) is 4.20. The fourth-order valence-electron chi connectivity index (χ4n) is 2.89. The summed E-state index contributed by atoms with van der Waals surface area (Å²) in [5, 5.41) is 9.11. The number of carboxylic acids is 1. The summed E-state index contributed by atoms with van der Waals surface area (Å²) in [6.45, 7) is 2.90. The van der Waals surface area contributed by atoms with Crippen molar-refractivity contribution < 1.29 is 19.4 Å². The standard InChI is InChI=1S/C17H23NO4/c1-12(10-13-5-7-15(22-2)8-6-13)16(19)18-9-3-4-14(11-18)17(20)21/h5-8,12,14H,3-4,9-11H2,1-2H3,(H,20,21)/t12?,14-/m0/s1. The summed E-state index contributed by atoms with van der Waals surface area (Å²) in [7, 11) is 1.62. The molecular weight excluding hydrogens is 282 g/mol. The Balaban J connectivity index is 1.94. The zero-order valence-corrected chi connectivity index (χ0v) is 13.1. The molecule has 1 aliphatic rings. The molecule has 0 aromatic heterocycles. The average Bonchev–Trinajstić information content (AvgIpc) is 2.54. The molecule has 22 heavy (non-hydrogen) atoms. The van der Waals surface area contributed by atoms with E-state index in [1.54, 1.807) is 12.0 Å². The van der Waals surface area contributed by atoms with Crippen LogP contribution in [0.2, 0.25) is 0 Å². The van der Waals surface area contributed by atoms with Crippen molar-refractivity contribution in [2.45, 2.75) is 26.2 Å². The number of amides is 1. The first-order valence-corrected chi connectivity index (χ1v) is 7.65. The number of methoxy groups -OCH3 is 1. The van der Waals surface area contributed by atoms with Crippen molar-refractivity contribution in [2.75, 3.05) is 20.2 Å². The molecule has 1 unspecified atom stereocenters. The van der Waals surface area contributed by atoms with Crippen molar-refractivity contribution >= 4 is 11.9 Å².